The van der Waals surface area contributed by atoms with Crippen LogP contribution in [0.5, 0.6) is 0 Å². The number of hydrazine groups is 1. The molecule has 106 valence electrons. The average molecular weight is 285 g/mol. The van der Waals surface area contributed by atoms with E-state index in [0.29, 0.717) is 17.4 Å². The van der Waals surface area contributed by atoms with Crippen LogP contribution in [0.15, 0.2) is 12.1 Å². The van der Waals surface area contributed by atoms with Gasteiger partial charge in [-0.1, -0.05) is 11.6 Å². The minimum Gasteiger partial charge on any atom is -0.390 e. The number of nitrogens with two attached hydrogens (primary N) is 1. The molecule has 0 bridgehead atoms. The summed E-state index contributed by atoms with van der Waals surface area (Å²) >= 11 is 6.16. The average Bonchev–Trinajstić information content (AvgIpc) is 2.54. The van der Waals surface area contributed by atoms with Gasteiger partial charge in [0.05, 0.1) is 16.3 Å². The molecule has 1 unspecified atom stereocenters. The summed E-state index contributed by atoms with van der Waals surface area (Å²) in [4.78, 5) is 6.65. The SMILES string of the molecule is CC1(O)CCCN(Cc2nc(NN)ccc2Cl)CC1. The van der Waals surface area contributed by atoms with Gasteiger partial charge >= 0.3 is 0 Å². The molecule has 0 spiro atoms. The van der Waals surface area contributed by atoms with E-state index in [9.17, 15) is 5.11 Å². The van der Waals surface area contributed by atoms with Gasteiger partial charge < -0.3 is 10.5 Å². The summed E-state index contributed by atoms with van der Waals surface area (Å²) in [5.74, 6) is 5.97. The summed E-state index contributed by atoms with van der Waals surface area (Å²) < 4.78 is 0. The first kappa shape index (κ1) is 14.5. The molecule has 0 saturated carbocycles. The van der Waals surface area contributed by atoms with Gasteiger partial charge in [-0.25, -0.2) is 10.8 Å². The van der Waals surface area contributed by atoms with Gasteiger partial charge in [0.25, 0.3) is 0 Å². The topological polar surface area (TPSA) is 74.4 Å². The lowest BCUT2D eigenvalue weighted by Gasteiger charge is -2.22. The predicted octanol–water partition coefficient (Wildman–Crippen LogP) is 1.76. The number of anilines is 1. The summed E-state index contributed by atoms with van der Waals surface area (Å²) in [6.45, 7) is 4.39. The zero-order chi connectivity index (χ0) is 13.9. The van der Waals surface area contributed by atoms with E-state index in [1.807, 2.05) is 6.92 Å². The number of likely N-dealkylation sites (tertiary alicyclic amines) is 1. The molecule has 2 rings (SSSR count). The Balaban J connectivity index is 2.04. The molecule has 0 aliphatic carbocycles. The molecule has 1 aliphatic rings. The maximum absolute atomic E-state index is 10.1. The van der Waals surface area contributed by atoms with Crippen molar-refractivity contribution in [1.82, 2.24) is 9.88 Å². The number of aromatic nitrogens is 1. The van der Waals surface area contributed by atoms with Gasteiger partial charge in [-0.15, -0.1) is 0 Å². The molecule has 5 nitrogen and oxygen atoms in total. The second-order valence-electron chi connectivity index (χ2n) is 5.40. The van der Waals surface area contributed by atoms with Crippen molar-refractivity contribution >= 4 is 17.4 Å². The molecular weight excluding hydrogens is 264 g/mol. The highest BCUT2D eigenvalue weighted by molar-refractivity contribution is 6.31. The normalized spacial score (nSPS) is 25.1. The monoisotopic (exact) mass is 284 g/mol. The van der Waals surface area contributed by atoms with Crippen molar-refractivity contribution < 1.29 is 5.11 Å². The van der Waals surface area contributed by atoms with Crippen molar-refractivity contribution in [3.63, 3.8) is 0 Å². The Kier molecular flexibility index (Phi) is 4.62. The maximum Gasteiger partial charge on any atom is 0.140 e. The van der Waals surface area contributed by atoms with Gasteiger partial charge in [0.2, 0.25) is 0 Å². The highest BCUT2D eigenvalue weighted by atomic mass is 35.5. The molecule has 1 atom stereocenters. The Morgan fingerprint density at radius 3 is 3.00 bits per heavy atom. The molecule has 19 heavy (non-hydrogen) atoms. The van der Waals surface area contributed by atoms with Gasteiger partial charge in [0.15, 0.2) is 0 Å². The minimum absolute atomic E-state index is 0.549. The number of pyridine rings is 1. The number of halogens is 1. The molecule has 0 amide bonds. The fraction of sp³-hybridized carbons (Fsp3) is 0.615. The van der Waals surface area contributed by atoms with Crippen LogP contribution in [0.3, 0.4) is 0 Å². The summed E-state index contributed by atoms with van der Waals surface area (Å²) in [6.07, 6.45) is 2.61. The number of nitrogen functional groups attached to an aromatic ring is 1. The fourth-order valence-electron chi connectivity index (χ4n) is 2.36. The van der Waals surface area contributed by atoms with Gasteiger partial charge in [-0.3, -0.25) is 4.90 Å². The van der Waals surface area contributed by atoms with E-state index in [1.165, 1.54) is 0 Å². The van der Waals surface area contributed by atoms with Crippen LogP contribution in [0.25, 0.3) is 0 Å². The highest BCUT2D eigenvalue weighted by Crippen LogP contribution is 2.24. The molecule has 1 fully saturated rings. The first-order chi connectivity index (χ1) is 9.00. The lowest BCUT2D eigenvalue weighted by atomic mass is 9.98. The van der Waals surface area contributed by atoms with Crippen LogP contribution in [-0.2, 0) is 6.54 Å². The van der Waals surface area contributed by atoms with E-state index in [4.69, 9.17) is 17.4 Å². The van der Waals surface area contributed by atoms with Crippen molar-refractivity contribution in [3.05, 3.63) is 22.8 Å². The van der Waals surface area contributed by atoms with E-state index < -0.39 is 5.60 Å². The Bertz CT molecular complexity index is 439. The fourth-order valence-corrected chi connectivity index (χ4v) is 2.53. The largest absolute Gasteiger partial charge is 0.390 e. The van der Waals surface area contributed by atoms with Crippen LogP contribution in [0.2, 0.25) is 5.02 Å². The number of hydrogen-bond donors (Lipinski definition) is 3. The van der Waals surface area contributed by atoms with Crippen LogP contribution in [0.1, 0.15) is 31.9 Å². The van der Waals surface area contributed by atoms with Crippen LogP contribution in [0.4, 0.5) is 5.82 Å². The molecule has 6 heteroatoms. The third-order valence-corrected chi connectivity index (χ3v) is 3.94. The van der Waals surface area contributed by atoms with Gasteiger partial charge in [-0.05, 0) is 44.9 Å². The third-order valence-electron chi connectivity index (χ3n) is 3.60. The second kappa shape index (κ2) is 6.05. The van der Waals surface area contributed by atoms with Crippen LogP contribution in [0, 0.1) is 0 Å². The lowest BCUT2D eigenvalue weighted by Crippen LogP contribution is -2.28. The van der Waals surface area contributed by atoms with Crippen molar-refractivity contribution in [3.8, 4) is 0 Å². The van der Waals surface area contributed by atoms with Gasteiger partial charge in [0.1, 0.15) is 5.82 Å². The van der Waals surface area contributed by atoms with E-state index in [0.717, 1.165) is 38.0 Å². The minimum atomic E-state index is -0.549. The molecule has 2 heterocycles. The van der Waals surface area contributed by atoms with Crippen LogP contribution < -0.4 is 11.3 Å². The Labute approximate surface area is 118 Å². The number of nitrogens with one attached hydrogen (secondary N) is 1. The maximum atomic E-state index is 10.1. The summed E-state index contributed by atoms with van der Waals surface area (Å²) in [5.41, 5.74) is 2.80. The number of aliphatic hydroxyl groups is 1. The molecule has 1 aromatic rings. The van der Waals surface area contributed by atoms with Crippen molar-refractivity contribution in [1.29, 1.82) is 0 Å². The Morgan fingerprint density at radius 1 is 1.47 bits per heavy atom. The van der Waals surface area contributed by atoms with E-state index in [-0.39, 0.29) is 0 Å². The summed E-state index contributed by atoms with van der Waals surface area (Å²) in [6, 6.07) is 3.55. The Hall–Kier alpha value is -0.880. The molecule has 1 saturated heterocycles. The number of rotatable bonds is 3. The highest BCUT2D eigenvalue weighted by Gasteiger charge is 2.25. The van der Waals surface area contributed by atoms with Gasteiger partial charge in [-0.2, -0.15) is 0 Å². The first-order valence-electron chi connectivity index (χ1n) is 6.57. The molecule has 1 aromatic heterocycles. The molecule has 4 N–H and O–H groups in total. The molecule has 0 radical (unpaired) electrons. The third kappa shape index (κ3) is 4.04. The number of nitrogens with zero attached hydrogens (tertiary/aromatic N) is 2. The van der Waals surface area contributed by atoms with Crippen LogP contribution in [-0.4, -0.2) is 33.7 Å². The van der Waals surface area contributed by atoms with Crippen molar-refractivity contribution in [2.75, 3.05) is 18.5 Å². The standard InChI is InChI=1S/C13H21ClN4O/c1-13(19)5-2-7-18(8-6-13)9-11-10(14)3-4-12(16-11)17-15/h3-4,19H,2,5-9,15H2,1H3,(H,16,17). The molecule has 1 aliphatic heterocycles. The molecular formula is C13H21ClN4O. The first-order valence-corrected chi connectivity index (χ1v) is 6.95. The molecule has 0 aromatic carbocycles. The smallest absolute Gasteiger partial charge is 0.140 e. The van der Waals surface area contributed by atoms with Crippen molar-refractivity contribution in [2.45, 2.75) is 38.3 Å². The lowest BCUT2D eigenvalue weighted by molar-refractivity contribution is 0.0444. The van der Waals surface area contributed by atoms with E-state index >= 15 is 0 Å². The second-order valence-corrected chi connectivity index (χ2v) is 5.80. The van der Waals surface area contributed by atoms with Gasteiger partial charge in [0, 0.05) is 13.1 Å². The summed E-state index contributed by atoms with van der Waals surface area (Å²) in [7, 11) is 0. The predicted molar refractivity (Wildman–Crippen MR) is 76.8 cm³/mol. The summed E-state index contributed by atoms with van der Waals surface area (Å²) in [5, 5.41) is 10.7. The van der Waals surface area contributed by atoms with E-state index in [2.05, 4.69) is 15.3 Å². The zero-order valence-electron chi connectivity index (χ0n) is 11.2. The van der Waals surface area contributed by atoms with Crippen LogP contribution >= 0.6 is 11.6 Å². The van der Waals surface area contributed by atoms with Crippen molar-refractivity contribution in [2.24, 2.45) is 5.84 Å². The quantitative estimate of drug-likeness (QED) is 0.583. The van der Waals surface area contributed by atoms with E-state index in [1.54, 1.807) is 12.1 Å². The zero-order valence-corrected chi connectivity index (χ0v) is 12.0. The Morgan fingerprint density at radius 2 is 2.26 bits per heavy atom. The number of hydrogen-bond acceptors (Lipinski definition) is 5.